The van der Waals surface area contributed by atoms with Gasteiger partial charge < -0.3 is 0 Å². The predicted molar refractivity (Wildman–Crippen MR) is 131 cm³/mol. The average Bonchev–Trinajstić information content (AvgIpc) is 2.74. The number of rotatable bonds is 0. The van der Waals surface area contributed by atoms with E-state index in [1.54, 1.807) is 0 Å². The maximum absolute atomic E-state index is 4.73. The van der Waals surface area contributed by atoms with Crippen LogP contribution >= 0.6 is 0 Å². The molecule has 0 atom stereocenters. The molecule has 5 aromatic carbocycles. The Morgan fingerprint density at radius 3 is 0.800 bits per heavy atom. The van der Waals surface area contributed by atoms with E-state index in [-0.39, 0.29) is 0 Å². The van der Waals surface area contributed by atoms with Gasteiger partial charge in [-0.1, -0.05) is 66.8 Å². The normalized spacial score (nSPS) is 12.5. The number of nitrogens with zero attached hydrogens (tertiary/aromatic N) is 2. The van der Waals surface area contributed by atoms with Crippen LogP contribution in [0.5, 0.6) is 0 Å². The van der Waals surface area contributed by atoms with Crippen LogP contribution in [0.15, 0.2) is 48.5 Å². The topological polar surface area (TPSA) is 25.8 Å². The second kappa shape index (κ2) is 6.10. The molecule has 0 aliphatic heterocycles. The highest BCUT2D eigenvalue weighted by Crippen LogP contribution is 2.43. The molecule has 7 rings (SSSR count). The van der Waals surface area contributed by atoms with E-state index in [4.69, 9.17) is 9.97 Å². The molecule has 0 fully saturated rings. The number of fused-ring (bicyclic) bond motifs is 2. The molecular weight excluding hydrogens is 424 g/mol. The van der Waals surface area contributed by atoms with Gasteiger partial charge in [0, 0.05) is 0 Å². The summed E-state index contributed by atoms with van der Waals surface area (Å²) in [7, 11) is 0. The number of hydrogen-bond donors (Lipinski definition) is 0. The van der Waals surface area contributed by atoms with Gasteiger partial charge in [0.1, 0.15) is 0 Å². The van der Waals surface area contributed by atoms with Crippen LogP contribution in [0.2, 0.25) is 0 Å². The van der Waals surface area contributed by atoms with Crippen molar-refractivity contribution < 1.29 is 0 Å². The maximum Gasteiger partial charge on any atom is 0.210 e. The Morgan fingerprint density at radius 2 is 0.533 bits per heavy atom. The van der Waals surface area contributed by atoms with Crippen LogP contribution in [0.1, 0.15) is 0 Å². The number of benzene rings is 5. The highest BCUT2D eigenvalue weighted by molar-refractivity contribution is 6.51. The Morgan fingerprint density at radius 1 is 0.333 bits per heavy atom. The smallest absolute Gasteiger partial charge is 0.210 e. The first-order chi connectivity index (χ1) is 14.5. The Hall–Kier alpha value is -1.39. The molecule has 7 aromatic rings. The van der Waals surface area contributed by atoms with Crippen LogP contribution in [0.25, 0.3) is 64.6 Å². The van der Waals surface area contributed by atoms with E-state index >= 15 is 0 Å². The van der Waals surface area contributed by atoms with Crippen molar-refractivity contribution in [2.45, 2.75) is 0 Å². The minimum absolute atomic E-state index is 0.998. The average molecular weight is 432 g/mol. The molecule has 8 radical (unpaired) electrons. The van der Waals surface area contributed by atoms with E-state index in [1.807, 2.05) is 0 Å². The van der Waals surface area contributed by atoms with Crippen LogP contribution < -0.4 is 18.2 Å². The third-order valence-corrected chi connectivity index (χ3v) is 8.25. The summed E-state index contributed by atoms with van der Waals surface area (Å²) < 4.78 is 3.99. The molecule has 30 heavy (non-hydrogen) atoms. The van der Waals surface area contributed by atoms with Gasteiger partial charge in [0.25, 0.3) is 0 Å². The van der Waals surface area contributed by atoms with Crippen LogP contribution in [-0.4, -0.2) is 75.1 Å². The lowest BCUT2D eigenvalue weighted by molar-refractivity contribution is 1.51. The first-order valence-electron chi connectivity index (χ1n) is 9.69. The lowest BCUT2D eigenvalue weighted by Crippen LogP contribution is -2.23. The number of hydrogen-bond acceptors (Lipinski definition) is 2. The Bertz CT molecular complexity index is 1580. The quantitative estimate of drug-likeness (QED) is 0.206. The molecule has 0 bridgehead atoms. The molecule has 2 heterocycles. The van der Waals surface area contributed by atoms with E-state index in [2.05, 4.69) is 114 Å². The third-order valence-electron chi connectivity index (χ3n) is 6.49. The van der Waals surface area contributed by atoms with E-state index in [0.717, 1.165) is 18.2 Å². The number of aromatic nitrogens is 2. The third kappa shape index (κ3) is 2.13. The molecule has 2 aromatic heterocycles. The Kier molecular flexibility index (Phi) is 3.70. The zero-order chi connectivity index (χ0) is 20.3. The van der Waals surface area contributed by atoms with Crippen molar-refractivity contribution in [3.05, 3.63) is 48.5 Å². The van der Waals surface area contributed by atoms with Crippen molar-refractivity contribution in [2.24, 2.45) is 0 Å². The lowest BCUT2D eigenvalue weighted by atomic mass is 9.86. The minimum atomic E-state index is 0.998. The fourth-order valence-corrected chi connectivity index (χ4v) is 7.06. The summed E-state index contributed by atoms with van der Waals surface area (Å²) in [4.78, 5) is 9.46. The van der Waals surface area contributed by atoms with Crippen molar-refractivity contribution in [3.8, 4) is 0 Å². The highest BCUT2D eigenvalue weighted by atomic mass is 27.1. The Labute approximate surface area is 205 Å². The van der Waals surface area contributed by atoms with Gasteiger partial charge in [-0.05, 0) is 64.6 Å². The maximum atomic E-state index is 4.73. The van der Waals surface area contributed by atoms with Gasteiger partial charge in [-0.15, -0.1) is 0 Å². The first-order valence-corrected chi connectivity index (χ1v) is 12.0. The largest absolute Gasteiger partial charge is 0.299 e. The van der Waals surface area contributed by atoms with Crippen LogP contribution in [0.4, 0.5) is 0 Å². The van der Waals surface area contributed by atoms with E-state index in [1.165, 1.54) is 64.6 Å². The standard InChI is InChI=1S/C24H8N2.4Al/c1-5-17-18-6-3-15-11-26-12-16-4-8-20(24(18)22(15)16)19-7-2-14-10-25-9-13(1)21(14)23(17)19;;;;/h1-8H;;;;. The van der Waals surface area contributed by atoms with E-state index < -0.39 is 0 Å². The lowest BCUT2D eigenvalue weighted by Gasteiger charge is -2.21. The monoisotopic (exact) mass is 432 g/mol. The summed E-state index contributed by atoms with van der Waals surface area (Å²) in [5.74, 6) is 0. The SMILES string of the molecule is [Al][c]1n[c]([Al])c2ccc3c4ccc5[c]([Al])n[c]([Al])c6ccc(c7ccc1c2c73)c4c65. The van der Waals surface area contributed by atoms with Gasteiger partial charge in [0.2, 0.25) is 65.2 Å². The fraction of sp³-hybridized carbons (Fsp3) is 0. The van der Waals surface area contributed by atoms with Crippen molar-refractivity contribution in [2.75, 3.05) is 0 Å². The van der Waals surface area contributed by atoms with Crippen LogP contribution in [-0.2, 0) is 0 Å². The molecule has 0 aliphatic carbocycles. The molecule has 0 spiro atoms. The zero-order valence-corrected chi connectivity index (χ0v) is 20.4. The van der Waals surface area contributed by atoms with E-state index in [0.29, 0.717) is 0 Å². The van der Waals surface area contributed by atoms with Gasteiger partial charge in [0.15, 0.2) is 0 Å². The molecule has 0 saturated heterocycles. The second-order valence-electron chi connectivity index (χ2n) is 7.91. The zero-order valence-electron chi connectivity index (χ0n) is 15.8. The van der Waals surface area contributed by atoms with Crippen LogP contribution in [0.3, 0.4) is 0 Å². The van der Waals surface area contributed by atoms with Gasteiger partial charge >= 0.3 is 0 Å². The summed E-state index contributed by atoms with van der Waals surface area (Å²) in [6.45, 7) is 0. The van der Waals surface area contributed by atoms with Gasteiger partial charge in [0.05, 0.1) is 0 Å². The molecule has 126 valence electrons. The number of pyridine rings is 2. The summed E-state index contributed by atoms with van der Waals surface area (Å²) in [5, 5.41) is 15.3. The molecule has 2 nitrogen and oxygen atoms in total. The summed E-state index contributed by atoms with van der Waals surface area (Å²) in [6.07, 6.45) is 0. The molecule has 6 heteroatoms. The molecular formula is C24H8Al4N2. The van der Waals surface area contributed by atoms with Crippen molar-refractivity contribution in [1.82, 2.24) is 9.97 Å². The van der Waals surface area contributed by atoms with Gasteiger partial charge in [-0.2, -0.15) is 0 Å². The highest BCUT2D eigenvalue weighted by Gasteiger charge is 2.19. The second-order valence-corrected chi connectivity index (χ2v) is 10.1. The van der Waals surface area contributed by atoms with Gasteiger partial charge in [-0.25, -0.2) is 0 Å². The van der Waals surface area contributed by atoms with Crippen molar-refractivity contribution >= 4 is 148 Å². The van der Waals surface area contributed by atoms with Crippen LogP contribution in [0, 0.1) is 0 Å². The first kappa shape index (κ1) is 18.2. The molecule has 0 saturated carbocycles. The summed E-state index contributed by atoms with van der Waals surface area (Å²) >= 11 is 11.2. The van der Waals surface area contributed by atoms with Crippen molar-refractivity contribution in [3.63, 3.8) is 0 Å². The fourth-order valence-electron chi connectivity index (χ4n) is 5.24. The summed E-state index contributed by atoms with van der Waals surface area (Å²) in [6, 6.07) is 18.0. The molecule has 0 unspecified atom stereocenters. The molecule has 0 aliphatic rings. The van der Waals surface area contributed by atoms with E-state index in [9.17, 15) is 0 Å². The van der Waals surface area contributed by atoms with Gasteiger partial charge in [-0.3, -0.25) is 9.97 Å². The predicted octanol–water partition coefficient (Wildman–Crippen LogP) is 1.45. The summed E-state index contributed by atoms with van der Waals surface area (Å²) in [5.41, 5.74) is 0. The minimum Gasteiger partial charge on any atom is -0.299 e. The molecule has 0 amide bonds. The Balaban J connectivity index is 1.89. The molecule has 0 N–H and O–H groups in total. The van der Waals surface area contributed by atoms with Crippen molar-refractivity contribution in [1.29, 1.82) is 0 Å².